The molecule has 0 fully saturated rings. The molecule has 2 amide bonds. The van der Waals surface area contributed by atoms with E-state index in [4.69, 9.17) is 5.53 Å². The Labute approximate surface area is 125 Å². The van der Waals surface area contributed by atoms with Gasteiger partial charge >= 0.3 is 0 Å². The molecular weight excluding hydrogens is 290 g/mol. The molecule has 0 aliphatic heterocycles. The molecule has 0 unspecified atom stereocenters. The van der Waals surface area contributed by atoms with Crippen LogP contribution < -0.4 is 5.32 Å². The zero-order chi connectivity index (χ0) is 16.5. The van der Waals surface area contributed by atoms with E-state index in [-0.39, 0.29) is 17.3 Å². The van der Waals surface area contributed by atoms with Crippen LogP contribution in [0.4, 0.5) is 5.95 Å². The smallest absolute Gasteiger partial charge is 0.262 e. The molecule has 0 aromatic carbocycles. The fraction of sp³-hybridized carbons (Fsp3) is 0.250. The van der Waals surface area contributed by atoms with Crippen molar-refractivity contribution >= 4 is 24.0 Å². The van der Waals surface area contributed by atoms with Crippen molar-refractivity contribution in [1.29, 1.82) is 0 Å². The number of aliphatic imine (C=N–C) groups is 1. The molecule has 1 aromatic rings. The van der Waals surface area contributed by atoms with Crippen molar-refractivity contribution in [3.8, 4) is 0 Å². The zero-order valence-corrected chi connectivity index (χ0v) is 11.9. The maximum Gasteiger partial charge on any atom is 0.262 e. The van der Waals surface area contributed by atoms with Crippen molar-refractivity contribution in [3.63, 3.8) is 0 Å². The molecule has 10 heteroatoms. The van der Waals surface area contributed by atoms with Crippen molar-refractivity contribution in [3.05, 3.63) is 39.7 Å². The molecule has 10 nitrogen and oxygen atoms in total. The number of amides is 2. The predicted molar refractivity (Wildman–Crippen MR) is 77.4 cm³/mol. The molecule has 0 bridgehead atoms. The third-order valence-corrected chi connectivity index (χ3v) is 2.26. The third kappa shape index (κ3) is 5.39. The molecule has 0 atom stereocenters. The first kappa shape index (κ1) is 16.8. The number of aliphatic hydroxyl groups is 1. The summed E-state index contributed by atoms with van der Waals surface area (Å²) in [5, 5.41) is 14.5. The summed E-state index contributed by atoms with van der Waals surface area (Å²) in [5.74, 6) is -1.92. The maximum atomic E-state index is 11.8. The molecule has 0 aliphatic carbocycles. The standard InChI is InChI=1S/C12H13N7O3/c1-7-3-4-14-12(17-7)15-5-9(8(2)20)11(22)18-10(21)6-16-19-13/h3-5,20H,6H2,1-2H3,(H,18,21,22)/b9-8-,15-5+. The number of aromatic nitrogens is 2. The predicted octanol–water partition coefficient (Wildman–Crippen LogP) is 1.27. The van der Waals surface area contributed by atoms with Crippen LogP contribution in [0.3, 0.4) is 0 Å². The van der Waals surface area contributed by atoms with Gasteiger partial charge in [0.2, 0.25) is 11.9 Å². The fourth-order valence-corrected chi connectivity index (χ4v) is 1.27. The summed E-state index contributed by atoms with van der Waals surface area (Å²) in [6, 6.07) is 1.67. The lowest BCUT2D eigenvalue weighted by molar-refractivity contribution is -0.127. The number of aryl methyl sites for hydroxylation is 1. The first-order valence-electron chi connectivity index (χ1n) is 6.02. The number of carbonyl (C=O) groups excluding carboxylic acids is 2. The van der Waals surface area contributed by atoms with E-state index in [0.29, 0.717) is 5.69 Å². The highest BCUT2D eigenvalue weighted by molar-refractivity contribution is 6.17. The van der Waals surface area contributed by atoms with E-state index in [0.717, 1.165) is 6.21 Å². The molecule has 0 radical (unpaired) electrons. The van der Waals surface area contributed by atoms with E-state index in [1.165, 1.54) is 13.1 Å². The number of azide groups is 1. The van der Waals surface area contributed by atoms with Crippen LogP contribution in [0.15, 0.2) is 33.7 Å². The van der Waals surface area contributed by atoms with Gasteiger partial charge in [-0.25, -0.2) is 15.0 Å². The van der Waals surface area contributed by atoms with Gasteiger partial charge in [0.1, 0.15) is 12.3 Å². The summed E-state index contributed by atoms with van der Waals surface area (Å²) >= 11 is 0. The lowest BCUT2D eigenvalue weighted by Gasteiger charge is -2.03. The lowest BCUT2D eigenvalue weighted by Crippen LogP contribution is -2.34. The Kier molecular flexibility index (Phi) is 6.20. The highest BCUT2D eigenvalue weighted by Crippen LogP contribution is 2.05. The largest absolute Gasteiger partial charge is 0.512 e. The van der Waals surface area contributed by atoms with Crippen molar-refractivity contribution in [2.45, 2.75) is 13.8 Å². The monoisotopic (exact) mass is 303 g/mol. The Morgan fingerprint density at radius 1 is 1.55 bits per heavy atom. The summed E-state index contributed by atoms with van der Waals surface area (Å²) in [4.78, 5) is 37.2. The Balaban J connectivity index is 2.87. The average Bonchev–Trinajstić information content (AvgIpc) is 2.45. The minimum absolute atomic E-state index is 0.104. The summed E-state index contributed by atoms with van der Waals surface area (Å²) in [7, 11) is 0. The van der Waals surface area contributed by atoms with Crippen LogP contribution in [-0.2, 0) is 9.59 Å². The van der Waals surface area contributed by atoms with Gasteiger partial charge in [0.15, 0.2) is 0 Å². The van der Waals surface area contributed by atoms with E-state index in [9.17, 15) is 14.7 Å². The molecular formula is C12H13N7O3. The Morgan fingerprint density at radius 2 is 2.27 bits per heavy atom. The third-order valence-electron chi connectivity index (χ3n) is 2.26. The summed E-state index contributed by atoms with van der Waals surface area (Å²) in [5.41, 5.74) is 8.53. The van der Waals surface area contributed by atoms with Crippen LogP contribution in [0.1, 0.15) is 12.6 Å². The molecule has 114 valence electrons. The molecule has 1 heterocycles. The SMILES string of the molecule is C/C(O)=C(\C=N\c1nccc(C)n1)C(=O)NC(=O)CN=[N+]=[N-]. The number of hydrogen-bond acceptors (Lipinski definition) is 7. The van der Waals surface area contributed by atoms with Gasteiger partial charge in [-0.15, -0.1) is 0 Å². The number of nitrogens with one attached hydrogen (secondary N) is 1. The van der Waals surface area contributed by atoms with Gasteiger partial charge in [0, 0.05) is 23.0 Å². The van der Waals surface area contributed by atoms with Gasteiger partial charge in [-0.2, -0.15) is 0 Å². The van der Waals surface area contributed by atoms with Crippen molar-refractivity contribution < 1.29 is 14.7 Å². The molecule has 1 rings (SSSR count). The first-order chi connectivity index (χ1) is 10.4. The van der Waals surface area contributed by atoms with Gasteiger partial charge in [-0.3, -0.25) is 14.9 Å². The van der Waals surface area contributed by atoms with Crippen molar-refractivity contribution in [2.75, 3.05) is 6.54 Å². The van der Waals surface area contributed by atoms with Crippen LogP contribution in [0, 0.1) is 6.92 Å². The normalized spacial score (nSPS) is 11.5. The second kappa shape index (κ2) is 8.12. The van der Waals surface area contributed by atoms with E-state index in [2.05, 4.69) is 25.0 Å². The van der Waals surface area contributed by atoms with Gasteiger partial charge < -0.3 is 5.11 Å². The van der Waals surface area contributed by atoms with Gasteiger partial charge in [-0.1, -0.05) is 5.11 Å². The molecule has 0 aliphatic rings. The number of allylic oxidation sites excluding steroid dienone is 1. The topological polar surface area (TPSA) is 153 Å². The number of rotatable bonds is 5. The fourth-order valence-electron chi connectivity index (χ4n) is 1.27. The molecule has 1 aromatic heterocycles. The summed E-state index contributed by atoms with van der Waals surface area (Å²) < 4.78 is 0. The van der Waals surface area contributed by atoms with Gasteiger partial charge in [0.05, 0.1) is 5.57 Å². The van der Waals surface area contributed by atoms with Crippen molar-refractivity contribution in [2.24, 2.45) is 10.1 Å². The van der Waals surface area contributed by atoms with Crippen LogP contribution in [-0.4, -0.2) is 39.6 Å². The van der Waals surface area contributed by atoms with Crippen LogP contribution in [0.5, 0.6) is 0 Å². The van der Waals surface area contributed by atoms with E-state index in [1.807, 2.05) is 5.32 Å². The Hall–Kier alpha value is -3.26. The van der Waals surface area contributed by atoms with E-state index < -0.39 is 18.4 Å². The summed E-state index contributed by atoms with van der Waals surface area (Å²) in [6.07, 6.45) is 2.54. The minimum Gasteiger partial charge on any atom is -0.512 e. The highest BCUT2D eigenvalue weighted by atomic mass is 16.3. The van der Waals surface area contributed by atoms with Crippen LogP contribution >= 0.6 is 0 Å². The quantitative estimate of drug-likeness (QED) is 0.209. The zero-order valence-electron chi connectivity index (χ0n) is 11.9. The van der Waals surface area contributed by atoms with Crippen LogP contribution in [0.25, 0.3) is 10.4 Å². The Bertz CT molecular complexity index is 686. The molecule has 0 spiro atoms. The number of carbonyl (C=O) groups is 2. The molecule has 2 N–H and O–H groups in total. The number of nitrogens with zero attached hydrogens (tertiary/aromatic N) is 6. The maximum absolute atomic E-state index is 11.8. The lowest BCUT2D eigenvalue weighted by atomic mass is 10.2. The first-order valence-corrected chi connectivity index (χ1v) is 6.02. The highest BCUT2D eigenvalue weighted by Gasteiger charge is 2.14. The second-order valence-electron chi connectivity index (χ2n) is 4.02. The van der Waals surface area contributed by atoms with E-state index in [1.54, 1.807) is 13.0 Å². The minimum atomic E-state index is -0.880. The molecule has 22 heavy (non-hydrogen) atoms. The second-order valence-corrected chi connectivity index (χ2v) is 4.02. The van der Waals surface area contributed by atoms with Gasteiger partial charge in [-0.05, 0) is 25.4 Å². The van der Waals surface area contributed by atoms with E-state index >= 15 is 0 Å². The number of imide groups is 1. The van der Waals surface area contributed by atoms with Crippen molar-refractivity contribution in [1.82, 2.24) is 15.3 Å². The van der Waals surface area contributed by atoms with Gasteiger partial charge in [0.25, 0.3) is 5.91 Å². The average molecular weight is 303 g/mol. The number of hydrogen-bond donors (Lipinski definition) is 2. The Morgan fingerprint density at radius 3 is 2.86 bits per heavy atom. The molecule has 0 saturated heterocycles. The molecule has 0 saturated carbocycles. The van der Waals surface area contributed by atoms with Crippen LogP contribution in [0.2, 0.25) is 0 Å². The number of aliphatic hydroxyl groups excluding tert-OH is 1. The summed E-state index contributed by atoms with van der Waals surface area (Å²) in [6.45, 7) is 2.48.